The molecular weight excluding hydrogens is 258 g/mol. The van der Waals surface area contributed by atoms with E-state index in [1.165, 1.54) is 56.7 Å². The molecule has 2 atom stereocenters. The molecule has 0 aromatic heterocycles. The average Bonchev–Trinajstić information content (AvgIpc) is 2.94. The van der Waals surface area contributed by atoms with E-state index < -0.39 is 0 Å². The van der Waals surface area contributed by atoms with Crippen LogP contribution in [0.3, 0.4) is 0 Å². The second kappa shape index (κ2) is 6.80. The first-order valence-electron chi connectivity index (χ1n) is 8.50. The molecule has 0 spiro atoms. The third kappa shape index (κ3) is 3.58. The molecule has 2 heterocycles. The fraction of sp³-hybridized carbons (Fsp3) is 0.667. The van der Waals surface area contributed by atoms with Crippen molar-refractivity contribution in [1.29, 1.82) is 0 Å². The topological polar surface area (TPSA) is 18.5 Å². The number of para-hydroxylation sites is 1. The molecule has 2 unspecified atom stereocenters. The quantitative estimate of drug-likeness (QED) is 0.898. The first-order valence-corrected chi connectivity index (χ1v) is 8.50. The molecule has 0 bridgehead atoms. The van der Waals surface area contributed by atoms with Crippen LogP contribution in [0.4, 0.5) is 5.69 Å². The summed E-state index contributed by atoms with van der Waals surface area (Å²) in [5.74, 6) is 0.737. The Morgan fingerprint density at radius 2 is 2.14 bits per heavy atom. The van der Waals surface area contributed by atoms with Crippen molar-refractivity contribution in [2.75, 3.05) is 45.1 Å². The highest BCUT2D eigenvalue weighted by molar-refractivity contribution is 5.53. The van der Waals surface area contributed by atoms with Crippen LogP contribution in [-0.2, 0) is 6.42 Å². The van der Waals surface area contributed by atoms with Crippen LogP contribution in [0.2, 0.25) is 0 Å². The van der Waals surface area contributed by atoms with Gasteiger partial charge < -0.3 is 10.2 Å². The summed E-state index contributed by atoms with van der Waals surface area (Å²) in [5.41, 5.74) is 2.82. The van der Waals surface area contributed by atoms with E-state index in [2.05, 4.69) is 53.4 Å². The van der Waals surface area contributed by atoms with E-state index >= 15 is 0 Å². The molecule has 1 N–H and O–H groups in total. The third-order valence-electron chi connectivity index (χ3n) is 5.10. The fourth-order valence-electron chi connectivity index (χ4n) is 4.03. The maximum absolute atomic E-state index is 3.59. The molecule has 0 amide bonds. The molecule has 3 rings (SSSR count). The number of nitrogens with one attached hydrogen (secondary N) is 1. The number of rotatable bonds is 5. The Balaban J connectivity index is 1.51. The minimum atomic E-state index is 0.737. The van der Waals surface area contributed by atoms with Crippen molar-refractivity contribution in [3.8, 4) is 0 Å². The fourth-order valence-corrected chi connectivity index (χ4v) is 4.03. The normalized spacial score (nSPS) is 25.9. The molecule has 0 aliphatic carbocycles. The zero-order valence-corrected chi connectivity index (χ0v) is 13.5. The largest absolute Gasteiger partial charge is 0.384 e. The van der Waals surface area contributed by atoms with Crippen LogP contribution in [0.5, 0.6) is 0 Å². The number of hydrogen-bond acceptors (Lipinski definition) is 3. The van der Waals surface area contributed by atoms with Gasteiger partial charge in [-0.2, -0.15) is 0 Å². The lowest BCUT2D eigenvalue weighted by Gasteiger charge is -2.32. The van der Waals surface area contributed by atoms with Crippen LogP contribution >= 0.6 is 0 Å². The summed E-state index contributed by atoms with van der Waals surface area (Å²) in [6.45, 7) is 8.34. The highest BCUT2D eigenvalue weighted by Gasteiger charge is 2.25. The molecule has 3 heteroatoms. The van der Waals surface area contributed by atoms with Gasteiger partial charge in [-0.3, -0.25) is 4.90 Å². The number of anilines is 1. The van der Waals surface area contributed by atoms with Crippen molar-refractivity contribution >= 4 is 5.69 Å². The SMILES string of the molecule is CCN1CCCC1CN(C)CC1CNc2ccccc2C1. The number of fused-ring (bicyclic) bond motifs is 1. The number of hydrogen-bond donors (Lipinski definition) is 1. The second-order valence-corrected chi connectivity index (χ2v) is 6.75. The van der Waals surface area contributed by atoms with Gasteiger partial charge in [-0.05, 0) is 56.9 Å². The van der Waals surface area contributed by atoms with Gasteiger partial charge in [0.15, 0.2) is 0 Å². The first kappa shape index (κ1) is 14.9. The van der Waals surface area contributed by atoms with Crippen molar-refractivity contribution in [1.82, 2.24) is 9.80 Å². The van der Waals surface area contributed by atoms with E-state index in [1.807, 2.05) is 0 Å². The maximum Gasteiger partial charge on any atom is 0.0372 e. The summed E-state index contributed by atoms with van der Waals surface area (Å²) in [4.78, 5) is 5.20. The average molecular weight is 287 g/mol. The smallest absolute Gasteiger partial charge is 0.0372 e. The molecule has 1 aromatic rings. The number of likely N-dealkylation sites (tertiary alicyclic amines) is 1. The molecule has 1 aromatic carbocycles. The number of benzene rings is 1. The van der Waals surface area contributed by atoms with Crippen molar-refractivity contribution in [2.24, 2.45) is 5.92 Å². The molecule has 1 fully saturated rings. The second-order valence-electron chi connectivity index (χ2n) is 6.75. The summed E-state index contributed by atoms with van der Waals surface area (Å²) >= 11 is 0. The summed E-state index contributed by atoms with van der Waals surface area (Å²) in [6.07, 6.45) is 3.98. The first-order chi connectivity index (χ1) is 10.3. The highest BCUT2D eigenvalue weighted by Crippen LogP contribution is 2.25. The van der Waals surface area contributed by atoms with Crippen LogP contribution in [0.15, 0.2) is 24.3 Å². The molecule has 0 saturated carbocycles. The molecule has 116 valence electrons. The van der Waals surface area contributed by atoms with Crippen LogP contribution < -0.4 is 5.32 Å². The Kier molecular flexibility index (Phi) is 4.81. The van der Waals surface area contributed by atoms with Gasteiger partial charge in [0.1, 0.15) is 0 Å². The van der Waals surface area contributed by atoms with E-state index in [4.69, 9.17) is 0 Å². The minimum absolute atomic E-state index is 0.737. The van der Waals surface area contributed by atoms with Crippen molar-refractivity contribution in [3.63, 3.8) is 0 Å². The zero-order chi connectivity index (χ0) is 14.7. The predicted octanol–water partition coefficient (Wildman–Crippen LogP) is 2.69. The van der Waals surface area contributed by atoms with Gasteiger partial charge in [0.05, 0.1) is 0 Å². The summed E-state index contributed by atoms with van der Waals surface area (Å²) in [7, 11) is 2.30. The molecule has 1 saturated heterocycles. The lowest BCUT2D eigenvalue weighted by molar-refractivity contribution is 0.183. The Hall–Kier alpha value is -1.06. The van der Waals surface area contributed by atoms with Gasteiger partial charge in [0, 0.05) is 31.4 Å². The van der Waals surface area contributed by atoms with E-state index in [-0.39, 0.29) is 0 Å². The van der Waals surface area contributed by atoms with Gasteiger partial charge in [-0.1, -0.05) is 25.1 Å². The maximum atomic E-state index is 3.59. The zero-order valence-electron chi connectivity index (χ0n) is 13.5. The molecule has 3 nitrogen and oxygen atoms in total. The van der Waals surface area contributed by atoms with Gasteiger partial charge in [0.25, 0.3) is 0 Å². The Morgan fingerprint density at radius 3 is 3.00 bits per heavy atom. The predicted molar refractivity (Wildman–Crippen MR) is 89.9 cm³/mol. The van der Waals surface area contributed by atoms with E-state index in [0.717, 1.165) is 18.5 Å². The van der Waals surface area contributed by atoms with E-state index in [1.54, 1.807) is 0 Å². The lowest BCUT2D eigenvalue weighted by Crippen LogP contribution is -2.42. The molecular formula is C18H29N3. The van der Waals surface area contributed by atoms with Crippen LogP contribution in [-0.4, -0.2) is 55.6 Å². The van der Waals surface area contributed by atoms with Crippen LogP contribution in [0.25, 0.3) is 0 Å². The minimum Gasteiger partial charge on any atom is -0.384 e. The number of nitrogens with zero attached hydrogens (tertiary/aromatic N) is 2. The lowest BCUT2D eigenvalue weighted by atomic mass is 9.93. The van der Waals surface area contributed by atoms with Crippen LogP contribution in [0, 0.1) is 5.92 Å². The Labute approximate surface area is 129 Å². The monoisotopic (exact) mass is 287 g/mol. The molecule has 2 aliphatic rings. The standard InChI is InChI=1S/C18H29N3/c1-3-21-10-6-8-17(21)14-20(2)13-15-11-16-7-4-5-9-18(16)19-12-15/h4-5,7,9,15,17,19H,3,6,8,10-14H2,1-2H3. The van der Waals surface area contributed by atoms with Crippen molar-refractivity contribution < 1.29 is 0 Å². The highest BCUT2D eigenvalue weighted by atomic mass is 15.2. The Bertz CT molecular complexity index is 460. The third-order valence-corrected chi connectivity index (χ3v) is 5.10. The molecule has 0 radical (unpaired) electrons. The van der Waals surface area contributed by atoms with Crippen LogP contribution in [0.1, 0.15) is 25.3 Å². The van der Waals surface area contributed by atoms with Crippen molar-refractivity contribution in [2.45, 2.75) is 32.2 Å². The van der Waals surface area contributed by atoms with Gasteiger partial charge in [-0.25, -0.2) is 0 Å². The van der Waals surface area contributed by atoms with Gasteiger partial charge in [-0.15, -0.1) is 0 Å². The van der Waals surface area contributed by atoms with Crippen molar-refractivity contribution in [3.05, 3.63) is 29.8 Å². The van der Waals surface area contributed by atoms with Gasteiger partial charge in [0.2, 0.25) is 0 Å². The van der Waals surface area contributed by atoms with E-state index in [0.29, 0.717) is 0 Å². The summed E-state index contributed by atoms with van der Waals surface area (Å²) < 4.78 is 0. The number of likely N-dealkylation sites (N-methyl/N-ethyl adjacent to an activating group) is 2. The van der Waals surface area contributed by atoms with E-state index in [9.17, 15) is 0 Å². The summed E-state index contributed by atoms with van der Waals surface area (Å²) in [5, 5.41) is 3.59. The molecule has 2 aliphatic heterocycles. The molecule has 21 heavy (non-hydrogen) atoms. The Morgan fingerprint density at radius 1 is 1.29 bits per heavy atom. The van der Waals surface area contributed by atoms with Gasteiger partial charge >= 0.3 is 0 Å². The summed E-state index contributed by atoms with van der Waals surface area (Å²) in [6, 6.07) is 9.53.